The minimum atomic E-state index is -0.235. The van der Waals surface area contributed by atoms with Gasteiger partial charge in [0.05, 0.1) is 26.4 Å². The number of ether oxygens (including phenoxy) is 3. The van der Waals surface area contributed by atoms with E-state index in [0.717, 1.165) is 11.1 Å². The summed E-state index contributed by atoms with van der Waals surface area (Å²) in [4.78, 5) is 16.0. The van der Waals surface area contributed by atoms with Gasteiger partial charge in [-0.2, -0.15) is 0 Å². The highest BCUT2D eigenvalue weighted by Gasteiger charge is 2.09. The van der Waals surface area contributed by atoms with Crippen LogP contribution in [-0.2, 0) is 11.3 Å². The van der Waals surface area contributed by atoms with Gasteiger partial charge in [-0.15, -0.1) is 0 Å². The maximum atomic E-state index is 11.9. The first-order valence-electron chi connectivity index (χ1n) is 7.43. The fourth-order valence-corrected chi connectivity index (χ4v) is 2.39. The van der Waals surface area contributed by atoms with Gasteiger partial charge in [0.2, 0.25) is 11.8 Å². The molecule has 0 saturated heterocycles. The van der Waals surface area contributed by atoms with Crippen LogP contribution in [0.15, 0.2) is 36.5 Å². The molecule has 0 aliphatic rings. The standard InChI is InChI=1S/C18H19ClN2O4/c1-23-15-9-12(8-14(19)18(15)25-3)4-6-16(22)20-10-13-5-7-17(24-2)21-11-13/h4-9,11H,10H2,1-3H3,(H,20,22)/b6-4+. The van der Waals surface area contributed by atoms with Crippen LogP contribution in [0.1, 0.15) is 11.1 Å². The fourth-order valence-electron chi connectivity index (χ4n) is 2.09. The number of benzene rings is 1. The number of rotatable bonds is 7. The lowest BCUT2D eigenvalue weighted by atomic mass is 10.2. The quantitative estimate of drug-likeness (QED) is 0.766. The van der Waals surface area contributed by atoms with Crippen LogP contribution in [0.3, 0.4) is 0 Å². The van der Waals surface area contributed by atoms with Gasteiger partial charge in [-0.3, -0.25) is 4.79 Å². The second-order valence-electron chi connectivity index (χ2n) is 5.00. The molecule has 2 rings (SSSR count). The van der Waals surface area contributed by atoms with Crippen LogP contribution < -0.4 is 19.5 Å². The van der Waals surface area contributed by atoms with Crippen LogP contribution >= 0.6 is 11.6 Å². The van der Waals surface area contributed by atoms with Crippen LogP contribution in [-0.4, -0.2) is 32.2 Å². The molecule has 6 nitrogen and oxygen atoms in total. The van der Waals surface area contributed by atoms with Crippen molar-refractivity contribution in [3.63, 3.8) is 0 Å². The van der Waals surface area contributed by atoms with Gasteiger partial charge >= 0.3 is 0 Å². The van der Waals surface area contributed by atoms with Gasteiger partial charge in [-0.05, 0) is 29.3 Å². The van der Waals surface area contributed by atoms with E-state index in [4.69, 9.17) is 25.8 Å². The third-order valence-electron chi connectivity index (χ3n) is 3.36. The summed E-state index contributed by atoms with van der Waals surface area (Å²) < 4.78 is 15.4. The van der Waals surface area contributed by atoms with Gasteiger partial charge in [0.15, 0.2) is 11.5 Å². The van der Waals surface area contributed by atoms with Gasteiger partial charge in [-0.25, -0.2) is 4.98 Å². The number of carbonyl (C=O) groups is 1. The van der Waals surface area contributed by atoms with E-state index in [1.54, 1.807) is 37.6 Å². The normalized spacial score (nSPS) is 10.6. The maximum absolute atomic E-state index is 11.9. The molecule has 7 heteroatoms. The van der Waals surface area contributed by atoms with Crippen LogP contribution in [0.2, 0.25) is 5.02 Å². The van der Waals surface area contributed by atoms with E-state index in [9.17, 15) is 4.79 Å². The molecule has 0 saturated carbocycles. The zero-order valence-corrected chi connectivity index (χ0v) is 15.0. The van der Waals surface area contributed by atoms with Crippen molar-refractivity contribution in [3.05, 3.63) is 52.7 Å². The summed E-state index contributed by atoms with van der Waals surface area (Å²) in [5, 5.41) is 3.19. The van der Waals surface area contributed by atoms with Crippen molar-refractivity contribution in [3.8, 4) is 17.4 Å². The number of carbonyl (C=O) groups excluding carboxylic acids is 1. The molecular formula is C18H19ClN2O4. The van der Waals surface area contributed by atoms with E-state index in [-0.39, 0.29) is 5.91 Å². The number of hydrogen-bond donors (Lipinski definition) is 1. The molecule has 0 aliphatic heterocycles. The fraction of sp³-hybridized carbons (Fsp3) is 0.222. The Balaban J connectivity index is 1.98. The third-order valence-corrected chi connectivity index (χ3v) is 3.64. The summed E-state index contributed by atoms with van der Waals surface area (Å²) in [5.74, 6) is 1.25. The summed E-state index contributed by atoms with van der Waals surface area (Å²) >= 11 is 6.14. The van der Waals surface area contributed by atoms with E-state index >= 15 is 0 Å². The lowest BCUT2D eigenvalue weighted by molar-refractivity contribution is -0.116. The number of halogens is 1. The number of pyridine rings is 1. The van der Waals surface area contributed by atoms with Crippen molar-refractivity contribution in [2.45, 2.75) is 6.54 Å². The van der Waals surface area contributed by atoms with Crippen molar-refractivity contribution < 1.29 is 19.0 Å². The lowest BCUT2D eigenvalue weighted by Crippen LogP contribution is -2.20. The summed E-state index contributed by atoms with van der Waals surface area (Å²) in [7, 11) is 4.59. The molecule has 1 aromatic carbocycles. The Hall–Kier alpha value is -2.73. The van der Waals surface area contributed by atoms with Gasteiger partial charge in [-0.1, -0.05) is 17.7 Å². The largest absolute Gasteiger partial charge is 0.493 e. The maximum Gasteiger partial charge on any atom is 0.244 e. The molecule has 1 N–H and O–H groups in total. The number of aromatic nitrogens is 1. The van der Waals surface area contributed by atoms with Crippen molar-refractivity contribution in [2.24, 2.45) is 0 Å². The van der Waals surface area contributed by atoms with Crippen molar-refractivity contribution in [1.82, 2.24) is 10.3 Å². The van der Waals surface area contributed by atoms with Gasteiger partial charge in [0, 0.05) is 24.9 Å². The molecule has 1 aromatic heterocycles. The number of nitrogens with zero attached hydrogens (tertiary/aromatic N) is 1. The molecular weight excluding hydrogens is 344 g/mol. The third kappa shape index (κ3) is 5.12. The molecule has 132 valence electrons. The Morgan fingerprint density at radius 3 is 2.60 bits per heavy atom. The summed E-state index contributed by atoms with van der Waals surface area (Å²) in [6.45, 7) is 0.368. The molecule has 25 heavy (non-hydrogen) atoms. The van der Waals surface area contributed by atoms with Gasteiger partial charge in [0.1, 0.15) is 0 Å². The average Bonchev–Trinajstić information content (AvgIpc) is 2.64. The Morgan fingerprint density at radius 1 is 1.20 bits per heavy atom. The van der Waals surface area contributed by atoms with Crippen LogP contribution in [0.25, 0.3) is 6.08 Å². The monoisotopic (exact) mass is 362 g/mol. The van der Waals surface area contributed by atoms with Crippen LogP contribution in [0.4, 0.5) is 0 Å². The number of hydrogen-bond acceptors (Lipinski definition) is 5. The van der Waals surface area contributed by atoms with Crippen molar-refractivity contribution >= 4 is 23.6 Å². The highest BCUT2D eigenvalue weighted by Crippen LogP contribution is 2.36. The molecule has 0 bridgehead atoms. The Bertz CT molecular complexity index is 760. The van der Waals surface area contributed by atoms with E-state index in [2.05, 4.69) is 10.3 Å². The van der Waals surface area contributed by atoms with Crippen molar-refractivity contribution in [2.75, 3.05) is 21.3 Å². The van der Waals surface area contributed by atoms with E-state index < -0.39 is 0 Å². The smallest absolute Gasteiger partial charge is 0.244 e. The highest BCUT2D eigenvalue weighted by molar-refractivity contribution is 6.32. The average molecular weight is 363 g/mol. The first-order valence-corrected chi connectivity index (χ1v) is 7.81. The molecule has 0 unspecified atom stereocenters. The molecule has 0 radical (unpaired) electrons. The second kappa shape index (κ2) is 8.94. The van der Waals surface area contributed by atoms with Gasteiger partial charge < -0.3 is 19.5 Å². The number of amides is 1. The summed E-state index contributed by atoms with van der Waals surface area (Å²) in [6.07, 6.45) is 4.72. The first kappa shape index (κ1) is 18.6. The highest BCUT2D eigenvalue weighted by atomic mass is 35.5. The van der Waals surface area contributed by atoms with Gasteiger partial charge in [0.25, 0.3) is 0 Å². The minimum absolute atomic E-state index is 0.235. The van der Waals surface area contributed by atoms with E-state index in [0.29, 0.717) is 28.9 Å². The predicted octanol–water partition coefficient (Wildman–Crippen LogP) is 3.09. The molecule has 2 aromatic rings. The first-order chi connectivity index (χ1) is 12.1. The molecule has 1 heterocycles. The topological polar surface area (TPSA) is 69.7 Å². The Labute approximate surface area is 151 Å². The SMILES string of the molecule is COc1ccc(CNC(=O)/C=C/c2cc(Cl)c(OC)c(OC)c2)cn1. The summed E-state index contributed by atoms with van der Waals surface area (Å²) in [5.41, 5.74) is 1.60. The molecule has 0 fully saturated rings. The molecule has 0 spiro atoms. The minimum Gasteiger partial charge on any atom is -0.493 e. The number of methoxy groups -OCH3 is 3. The number of nitrogens with one attached hydrogen (secondary N) is 1. The summed E-state index contributed by atoms with van der Waals surface area (Å²) in [6, 6.07) is 7.01. The molecule has 0 aliphatic carbocycles. The Morgan fingerprint density at radius 2 is 2.00 bits per heavy atom. The zero-order valence-electron chi connectivity index (χ0n) is 14.2. The van der Waals surface area contributed by atoms with Crippen LogP contribution in [0.5, 0.6) is 17.4 Å². The zero-order chi connectivity index (χ0) is 18.2. The van der Waals surface area contributed by atoms with E-state index in [1.165, 1.54) is 20.3 Å². The molecule has 1 amide bonds. The van der Waals surface area contributed by atoms with Crippen LogP contribution in [0, 0.1) is 0 Å². The molecule has 0 atom stereocenters. The lowest BCUT2D eigenvalue weighted by Gasteiger charge is -2.10. The van der Waals surface area contributed by atoms with E-state index in [1.807, 2.05) is 6.07 Å². The van der Waals surface area contributed by atoms with Crippen molar-refractivity contribution in [1.29, 1.82) is 0 Å². The second-order valence-corrected chi connectivity index (χ2v) is 5.41. The predicted molar refractivity (Wildman–Crippen MR) is 96.2 cm³/mol. The Kier molecular flexibility index (Phi) is 6.65.